The zero-order valence-electron chi connectivity index (χ0n) is 23.1. The Hall–Kier alpha value is -4.47. The standard InChI is InChI=1S/C33H29BrN4O3S/c1-24-20-27(25(2)38(24)29-15-11-14-28(34)21-29)22-35-36-33(39)31-18-9-10-19-32(31)37(23-26-12-5-3-6-13-26)42(40,41)30-16-7-4-8-17-30/h3-22H,23H2,1-2H3,(H,36,39)/b35-22-. The molecule has 7 nitrogen and oxygen atoms in total. The molecule has 0 aliphatic rings. The maximum Gasteiger partial charge on any atom is 0.273 e. The number of nitrogens with zero attached hydrogens (tertiary/aromatic N) is 3. The Balaban J connectivity index is 1.45. The SMILES string of the molecule is Cc1cc(/C=N\NC(=O)c2ccccc2N(Cc2ccccc2)S(=O)(=O)c2ccccc2)c(C)n1-c1cccc(Br)c1. The predicted octanol–water partition coefficient (Wildman–Crippen LogP) is 7.02. The number of anilines is 1. The van der Waals surface area contributed by atoms with Gasteiger partial charge >= 0.3 is 0 Å². The maximum atomic E-state index is 13.9. The molecule has 4 aromatic carbocycles. The molecule has 0 aliphatic heterocycles. The van der Waals surface area contributed by atoms with Gasteiger partial charge in [-0.15, -0.1) is 0 Å². The van der Waals surface area contributed by atoms with E-state index in [0.29, 0.717) is 0 Å². The van der Waals surface area contributed by atoms with E-state index < -0.39 is 15.9 Å². The minimum atomic E-state index is -4.00. The Bertz CT molecular complexity index is 1850. The molecule has 9 heteroatoms. The van der Waals surface area contributed by atoms with Crippen LogP contribution in [0.5, 0.6) is 0 Å². The summed E-state index contributed by atoms with van der Waals surface area (Å²) in [6.07, 6.45) is 1.60. The molecule has 1 N–H and O–H groups in total. The van der Waals surface area contributed by atoms with E-state index in [2.05, 4.69) is 31.0 Å². The van der Waals surface area contributed by atoms with Crippen LogP contribution in [-0.4, -0.2) is 25.1 Å². The van der Waals surface area contributed by atoms with Gasteiger partial charge < -0.3 is 4.57 Å². The molecular weight excluding hydrogens is 612 g/mol. The summed E-state index contributed by atoms with van der Waals surface area (Å²) in [7, 11) is -4.00. The van der Waals surface area contributed by atoms with Crippen LogP contribution in [-0.2, 0) is 16.6 Å². The van der Waals surface area contributed by atoms with E-state index in [9.17, 15) is 13.2 Å². The second-order valence-corrected chi connectivity index (χ2v) is 12.4. The average molecular weight is 642 g/mol. The third-order valence-corrected chi connectivity index (χ3v) is 9.09. The van der Waals surface area contributed by atoms with Gasteiger partial charge in [-0.3, -0.25) is 9.10 Å². The first-order chi connectivity index (χ1) is 20.3. The van der Waals surface area contributed by atoms with Crippen molar-refractivity contribution in [2.24, 2.45) is 5.10 Å². The fraction of sp³-hybridized carbons (Fsp3) is 0.0909. The van der Waals surface area contributed by atoms with E-state index in [-0.39, 0.29) is 22.7 Å². The Morgan fingerprint density at radius 3 is 2.26 bits per heavy atom. The molecule has 0 unspecified atom stereocenters. The van der Waals surface area contributed by atoms with Gasteiger partial charge in [0.25, 0.3) is 15.9 Å². The monoisotopic (exact) mass is 640 g/mol. The lowest BCUT2D eigenvalue weighted by molar-refractivity contribution is 0.0955. The summed E-state index contributed by atoms with van der Waals surface area (Å²) in [5.41, 5.74) is 7.66. The number of carbonyl (C=O) groups is 1. The van der Waals surface area contributed by atoms with E-state index >= 15 is 0 Å². The number of carbonyl (C=O) groups excluding carboxylic acids is 1. The first kappa shape index (κ1) is 29.0. The number of rotatable bonds is 9. The van der Waals surface area contributed by atoms with Gasteiger partial charge in [0, 0.05) is 27.1 Å². The summed E-state index contributed by atoms with van der Waals surface area (Å²) in [6, 6.07) is 34.1. The highest BCUT2D eigenvalue weighted by atomic mass is 79.9. The Labute approximate surface area is 254 Å². The molecule has 5 rings (SSSR count). The summed E-state index contributed by atoms with van der Waals surface area (Å²) >= 11 is 3.53. The normalized spacial score (nSPS) is 11.5. The van der Waals surface area contributed by atoms with Crippen LogP contribution in [0.15, 0.2) is 130 Å². The number of aryl methyl sites for hydroxylation is 1. The van der Waals surface area contributed by atoms with Crippen molar-refractivity contribution in [3.05, 3.63) is 148 Å². The summed E-state index contributed by atoms with van der Waals surface area (Å²) in [6.45, 7) is 4.05. The predicted molar refractivity (Wildman–Crippen MR) is 171 cm³/mol. The number of sulfonamides is 1. The van der Waals surface area contributed by atoms with Gasteiger partial charge in [-0.05, 0) is 67.9 Å². The molecule has 0 spiro atoms. The van der Waals surface area contributed by atoms with Crippen molar-refractivity contribution in [2.45, 2.75) is 25.3 Å². The summed E-state index contributed by atoms with van der Waals surface area (Å²) in [5, 5.41) is 4.23. The van der Waals surface area contributed by atoms with Crippen molar-refractivity contribution in [1.29, 1.82) is 0 Å². The van der Waals surface area contributed by atoms with E-state index in [1.165, 1.54) is 4.31 Å². The molecule has 1 amide bonds. The lowest BCUT2D eigenvalue weighted by atomic mass is 10.1. The van der Waals surface area contributed by atoms with Gasteiger partial charge in [-0.1, -0.05) is 82.7 Å². The molecule has 0 radical (unpaired) electrons. The van der Waals surface area contributed by atoms with Gasteiger partial charge in [-0.2, -0.15) is 5.10 Å². The number of amides is 1. The van der Waals surface area contributed by atoms with Crippen LogP contribution in [0.4, 0.5) is 5.69 Å². The Kier molecular flexibility index (Phi) is 8.70. The molecule has 0 atom stereocenters. The van der Waals surface area contributed by atoms with Gasteiger partial charge in [0.05, 0.1) is 28.9 Å². The molecule has 212 valence electrons. The summed E-state index contributed by atoms with van der Waals surface area (Å²) in [5.74, 6) is -0.524. The molecule has 0 bridgehead atoms. The van der Waals surface area contributed by atoms with Crippen LogP contribution in [0.1, 0.15) is 32.9 Å². The Morgan fingerprint density at radius 2 is 1.55 bits per heavy atom. The number of benzene rings is 4. The molecule has 5 aromatic rings. The van der Waals surface area contributed by atoms with E-state index in [4.69, 9.17) is 0 Å². The molecular formula is C33H29BrN4O3S. The minimum absolute atomic E-state index is 0.0488. The number of hydrazone groups is 1. The van der Waals surface area contributed by atoms with E-state index in [0.717, 1.165) is 32.7 Å². The number of aromatic nitrogens is 1. The second-order valence-electron chi connectivity index (χ2n) is 9.67. The van der Waals surface area contributed by atoms with Crippen LogP contribution in [0.2, 0.25) is 0 Å². The molecule has 1 aromatic heterocycles. The maximum absolute atomic E-state index is 13.9. The number of hydrogen-bond donors (Lipinski definition) is 1. The van der Waals surface area contributed by atoms with Crippen LogP contribution < -0.4 is 9.73 Å². The quantitative estimate of drug-likeness (QED) is 0.139. The molecule has 1 heterocycles. The lowest BCUT2D eigenvalue weighted by Crippen LogP contribution is -2.33. The fourth-order valence-electron chi connectivity index (χ4n) is 4.80. The van der Waals surface area contributed by atoms with Gasteiger partial charge in [0.15, 0.2) is 0 Å². The minimum Gasteiger partial charge on any atom is -0.318 e. The third kappa shape index (κ3) is 6.22. The Morgan fingerprint density at radius 1 is 0.881 bits per heavy atom. The molecule has 0 aliphatic carbocycles. The van der Waals surface area contributed by atoms with Gasteiger partial charge in [0.1, 0.15) is 0 Å². The molecule has 42 heavy (non-hydrogen) atoms. The zero-order valence-corrected chi connectivity index (χ0v) is 25.5. The van der Waals surface area contributed by atoms with Gasteiger partial charge in [0.2, 0.25) is 0 Å². The largest absolute Gasteiger partial charge is 0.318 e. The van der Waals surface area contributed by atoms with Crippen LogP contribution in [0.3, 0.4) is 0 Å². The highest BCUT2D eigenvalue weighted by Gasteiger charge is 2.28. The average Bonchev–Trinajstić information content (AvgIpc) is 3.29. The number of halogens is 1. The molecule has 0 saturated carbocycles. The first-order valence-electron chi connectivity index (χ1n) is 13.2. The summed E-state index contributed by atoms with van der Waals surface area (Å²) < 4.78 is 32.1. The highest BCUT2D eigenvalue weighted by Crippen LogP contribution is 2.29. The van der Waals surface area contributed by atoms with Crippen LogP contribution in [0, 0.1) is 13.8 Å². The molecule has 0 fully saturated rings. The van der Waals surface area contributed by atoms with Crippen molar-refractivity contribution in [3.63, 3.8) is 0 Å². The van der Waals surface area contributed by atoms with E-state index in [1.807, 2.05) is 74.5 Å². The van der Waals surface area contributed by atoms with Crippen molar-refractivity contribution >= 4 is 43.8 Å². The number of nitrogens with one attached hydrogen (secondary N) is 1. The lowest BCUT2D eigenvalue weighted by Gasteiger charge is -2.26. The second kappa shape index (κ2) is 12.6. The van der Waals surface area contributed by atoms with Crippen molar-refractivity contribution in [3.8, 4) is 5.69 Å². The zero-order chi connectivity index (χ0) is 29.7. The van der Waals surface area contributed by atoms with Crippen molar-refractivity contribution in [2.75, 3.05) is 4.31 Å². The van der Waals surface area contributed by atoms with Crippen molar-refractivity contribution in [1.82, 2.24) is 9.99 Å². The van der Waals surface area contributed by atoms with Crippen LogP contribution in [0.25, 0.3) is 5.69 Å². The van der Waals surface area contributed by atoms with Crippen molar-refractivity contribution < 1.29 is 13.2 Å². The van der Waals surface area contributed by atoms with Crippen LogP contribution >= 0.6 is 15.9 Å². The highest BCUT2D eigenvalue weighted by molar-refractivity contribution is 9.10. The molecule has 0 saturated heterocycles. The topological polar surface area (TPSA) is 83.8 Å². The van der Waals surface area contributed by atoms with Gasteiger partial charge in [-0.25, -0.2) is 13.8 Å². The fourth-order valence-corrected chi connectivity index (χ4v) is 6.68. The summed E-state index contributed by atoms with van der Waals surface area (Å²) in [4.78, 5) is 13.6. The number of para-hydroxylation sites is 1. The van der Waals surface area contributed by atoms with E-state index in [1.54, 1.807) is 60.8 Å². The first-order valence-corrected chi connectivity index (χ1v) is 15.5. The smallest absolute Gasteiger partial charge is 0.273 e. The third-order valence-electron chi connectivity index (χ3n) is 6.82. The number of hydrogen-bond acceptors (Lipinski definition) is 4.